The Morgan fingerprint density at radius 3 is 2.44 bits per heavy atom. The molecule has 8 heteroatoms. The number of pyridine rings is 1. The third-order valence-corrected chi connectivity index (χ3v) is 7.40. The third-order valence-electron chi connectivity index (χ3n) is 6.99. The van der Waals surface area contributed by atoms with Gasteiger partial charge in [-0.25, -0.2) is 0 Å². The van der Waals surface area contributed by atoms with Crippen molar-refractivity contribution in [3.63, 3.8) is 0 Å². The van der Waals surface area contributed by atoms with Crippen LogP contribution in [0.15, 0.2) is 54.7 Å². The molecular formula is C28H32ClN5O2. The molecule has 0 spiro atoms. The number of halogens is 1. The molecule has 188 valence electrons. The lowest BCUT2D eigenvalue weighted by Gasteiger charge is -2.36. The lowest BCUT2D eigenvalue weighted by atomic mass is 10.1. The molecule has 1 saturated heterocycles. The van der Waals surface area contributed by atoms with Crippen molar-refractivity contribution in [2.75, 3.05) is 51.8 Å². The highest BCUT2D eigenvalue weighted by molar-refractivity contribution is 6.31. The summed E-state index contributed by atoms with van der Waals surface area (Å²) in [6, 6.07) is 16.2. The second kappa shape index (κ2) is 10.8. The van der Waals surface area contributed by atoms with Crippen molar-refractivity contribution >= 4 is 28.2 Å². The summed E-state index contributed by atoms with van der Waals surface area (Å²) in [6.45, 7) is 7.64. The summed E-state index contributed by atoms with van der Waals surface area (Å²) in [7, 11) is 3.33. The van der Waals surface area contributed by atoms with Crippen molar-refractivity contribution in [2.24, 2.45) is 0 Å². The van der Waals surface area contributed by atoms with E-state index in [0.29, 0.717) is 18.0 Å². The van der Waals surface area contributed by atoms with Crippen molar-refractivity contribution in [1.82, 2.24) is 19.7 Å². The van der Waals surface area contributed by atoms with Crippen molar-refractivity contribution in [2.45, 2.75) is 19.9 Å². The van der Waals surface area contributed by atoms with Gasteiger partial charge in [-0.15, -0.1) is 0 Å². The van der Waals surface area contributed by atoms with Crippen LogP contribution in [-0.4, -0.2) is 66.6 Å². The van der Waals surface area contributed by atoms with E-state index in [1.165, 1.54) is 5.69 Å². The van der Waals surface area contributed by atoms with Gasteiger partial charge in [0, 0.05) is 67.5 Å². The Balaban J connectivity index is 1.33. The predicted molar refractivity (Wildman–Crippen MR) is 145 cm³/mol. The van der Waals surface area contributed by atoms with Crippen LogP contribution >= 0.6 is 11.6 Å². The first kappa shape index (κ1) is 24.4. The zero-order chi connectivity index (χ0) is 25.1. The van der Waals surface area contributed by atoms with Crippen LogP contribution in [0.25, 0.3) is 10.9 Å². The van der Waals surface area contributed by atoms with Gasteiger partial charge in [0.05, 0.1) is 37.7 Å². The number of aromatic nitrogens is 3. The number of methoxy groups -OCH3 is 2. The lowest BCUT2D eigenvalue weighted by molar-refractivity contribution is 0.260. The van der Waals surface area contributed by atoms with E-state index >= 15 is 0 Å². The van der Waals surface area contributed by atoms with E-state index in [2.05, 4.69) is 27.8 Å². The van der Waals surface area contributed by atoms with Gasteiger partial charge in [0.15, 0.2) is 11.5 Å². The molecule has 0 bridgehead atoms. The molecular weight excluding hydrogens is 474 g/mol. The molecule has 1 aliphatic rings. The van der Waals surface area contributed by atoms with Crippen LogP contribution in [0.5, 0.6) is 11.5 Å². The highest BCUT2D eigenvalue weighted by atomic mass is 35.5. The summed E-state index contributed by atoms with van der Waals surface area (Å²) in [5.74, 6) is 1.42. The van der Waals surface area contributed by atoms with E-state index in [9.17, 15) is 0 Å². The van der Waals surface area contributed by atoms with E-state index in [0.717, 1.165) is 72.0 Å². The first-order chi connectivity index (χ1) is 17.6. The number of anilines is 1. The molecule has 4 aromatic rings. The van der Waals surface area contributed by atoms with Gasteiger partial charge >= 0.3 is 0 Å². The van der Waals surface area contributed by atoms with Crippen LogP contribution in [-0.2, 0) is 13.0 Å². The molecule has 0 saturated carbocycles. The average molecular weight is 506 g/mol. The van der Waals surface area contributed by atoms with E-state index in [1.54, 1.807) is 14.2 Å². The zero-order valence-corrected chi connectivity index (χ0v) is 21.8. The molecule has 0 amide bonds. The van der Waals surface area contributed by atoms with E-state index in [-0.39, 0.29) is 0 Å². The second-order valence-corrected chi connectivity index (χ2v) is 9.52. The Kier molecular flexibility index (Phi) is 7.30. The Hall–Kier alpha value is -3.29. The minimum absolute atomic E-state index is 0.602. The van der Waals surface area contributed by atoms with Gasteiger partial charge in [0.1, 0.15) is 0 Å². The predicted octanol–water partition coefficient (Wildman–Crippen LogP) is 4.82. The summed E-state index contributed by atoms with van der Waals surface area (Å²) >= 11 is 6.35. The molecule has 5 rings (SSSR count). The summed E-state index contributed by atoms with van der Waals surface area (Å²) in [4.78, 5) is 9.44. The highest BCUT2D eigenvalue weighted by Gasteiger charge is 2.21. The van der Waals surface area contributed by atoms with Gasteiger partial charge in [-0.05, 0) is 42.8 Å². The fourth-order valence-corrected chi connectivity index (χ4v) is 5.10. The Morgan fingerprint density at radius 1 is 0.944 bits per heavy atom. The minimum Gasteiger partial charge on any atom is -0.493 e. The Labute approximate surface area is 217 Å². The van der Waals surface area contributed by atoms with E-state index < -0.39 is 0 Å². The van der Waals surface area contributed by atoms with Crippen LogP contribution in [0.4, 0.5) is 5.69 Å². The smallest absolute Gasteiger partial charge is 0.162 e. The molecule has 0 unspecified atom stereocenters. The standard InChI is InChI=1S/C28H32ClN5O2/c1-20-23(29)8-6-9-25(20)33-15-13-32(14-16-33)12-10-24-22-17-27(35-2)28(36-3)18-26(22)34(31-24)19-21-7-4-5-11-30-21/h4-9,11,17-18H,10,12-16,19H2,1-3H3. The maximum absolute atomic E-state index is 6.35. The molecule has 1 fully saturated rings. The van der Waals surface area contributed by atoms with Crippen molar-refractivity contribution in [3.05, 3.63) is 76.7 Å². The molecule has 0 atom stereocenters. The molecule has 2 aromatic carbocycles. The summed E-state index contributed by atoms with van der Waals surface area (Å²) in [5, 5.41) is 6.94. The van der Waals surface area contributed by atoms with E-state index in [1.807, 2.05) is 53.3 Å². The fraction of sp³-hybridized carbons (Fsp3) is 0.357. The minimum atomic E-state index is 0.602. The molecule has 0 N–H and O–H groups in total. The van der Waals surface area contributed by atoms with Crippen molar-refractivity contribution < 1.29 is 9.47 Å². The quantitative estimate of drug-likeness (QED) is 0.342. The van der Waals surface area contributed by atoms with E-state index in [4.69, 9.17) is 26.2 Å². The molecule has 0 aliphatic carbocycles. The molecule has 2 aromatic heterocycles. The first-order valence-corrected chi connectivity index (χ1v) is 12.7. The number of fused-ring (bicyclic) bond motifs is 1. The normalized spacial score (nSPS) is 14.4. The Bertz CT molecular complexity index is 1330. The average Bonchev–Trinajstić information content (AvgIpc) is 3.25. The van der Waals surface area contributed by atoms with Gasteiger partial charge in [0.25, 0.3) is 0 Å². The molecule has 36 heavy (non-hydrogen) atoms. The van der Waals surface area contributed by atoms with Gasteiger partial charge in [-0.3, -0.25) is 14.6 Å². The maximum Gasteiger partial charge on any atom is 0.162 e. The van der Waals surface area contributed by atoms with Crippen molar-refractivity contribution in [3.8, 4) is 11.5 Å². The zero-order valence-electron chi connectivity index (χ0n) is 21.1. The SMILES string of the molecule is COc1cc2c(CCN3CCN(c4cccc(Cl)c4C)CC3)nn(Cc3ccccn3)c2cc1OC. The number of rotatable bonds is 8. The highest BCUT2D eigenvalue weighted by Crippen LogP contribution is 2.34. The number of ether oxygens (including phenoxy) is 2. The third kappa shape index (κ3) is 4.99. The van der Waals surface area contributed by atoms with Crippen LogP contribution in [0.3, 0.4) is 0 Å². The van der Waals surface area contributed by atoms with Gasteiger partial charge in [-0.1, -0.05) is 23.7 Å². The van der Waals surface area contributed by atoms with Crippen LogP contribution in [0, 0.1) is 6.92 Å². The molecule has 1 aliphatic heterocycles. The first-order valence-electron chi connectivity index (χ1n) is 12.3. The van der Waals surface area contributed by atoms with Gasteiger partial charge < -0.3 is 14.4 Å². The number of hydrogen-bond acceptors (Lipinski definition) is 6. The Morgan fingerprint density at radius 2 is 1.72 bits per heavy atom. The summed E-state index contributed by atoms with van der Waals surface area (Å²) < 4.78 is 13.2. The summed E-state index contributed by atoms with van der Waals surface area (Å²) in [5.41, 5.74) is 5.45. The number of nitrogens with zero attached hydrogens (tertiary/aromatic N) is 5. The van der Waals surface area contributed by atoms with Crippen LogP contribution in [0.1, 0.15) is 17.0 Å². The lowest BCUT2D eigenvalue weighted by Crippen LogP contribution is -2.47. The van der Waals surface area contributed by atoms with Gasteiger partial charge in [0.2, 0.25) is 0 Å². The number of benzene rings is 2. The fourth-order valence-electron chi connectivity index (χ4n) is 4.93. The molecule has 0 radical (unpaired) electrons. The maximum atomic E-state index is 6.35. The molecule has 7 nitrogen and oxygen atoms in total. The summed E-state index contributed by atoms with van der Waals surface area (Å²) in [6.07, 6.45) is 2.67. The largest absolute Gasteiger partial charge is 0.493 e. The second-order valence-electron chi connectivity index (χ2n) is 9.11. The number of hydrogen-bond donors (Lipinski definition) is 0. The topological polar surface area (TPSA) is 55.7 Å². The van der Waals surface area contributed by atoms with Crippen LogP contribution in [0.2, 0.25) is 5.02 Å². The van der Waals surface area contributed by atoms with Crippen LogP contribution < -0.4 is 14.4 Å². The monoisotopic (exact) mass is 505 g/mol. The van der Waals surface area contributed by atoms with Crippen molar-refractivity contribution in [1.29, 1.82) is 0 Å². The number of piperazine rings is 1. The molecule has 3 heterocycles. The van der Waals surface area contributed by atoms with Gasteiger partial charge in [-0.2, -0.15) is 5.10 Å².